The van der Waals surface area contributed by atoms with E-state index in [9.17, 15) is 5.11 Å². The number of aryl methyl sites for hydroxylation is 2. The van der Waals surface area contributed by atoms with Gasteiger partial charge in [-0.05, 0) is 43.2 Å². The van der Waals surface area contributed by atoms with Crippen molar-refractivity contribution in [2.24, 2.45) is 0 Å². The highest BCUT2D eigenvalue weighted by Crippen LogP contribution is 2.21. The second kappa shape index (κ2) is 5.65. The molecule has 0 radical (unpaired) electrons. The number of pyridine rings is 1. The van der Waals surface area contributed by atoms with Gasteiger partial charge >= 0.3 is 0 Å². The average molecular weight is 242 g/mol. The van der Waals surface area contributed by atoms with Crippen LogP contribution in [-0.4, -0.2) is 16.7 Å². The summed E-state index contributed by atoms with van der Waals surface area (Å²) in [6.07, 6.45) is 3.57. The molecule has 0 aliphatic rings. The minimum Gasteiger partial charge on any atom is -0.394 e. The molecule has 2 N–H and O–H groups in total. The summed E-state index contributed by atoms with van der Waals surface area (Å²) < 4.78 is 0. The van der Waals surface area contributed by atoms with Crippen LogP contribution in [0.15, 0.2) is 42.7 Å². The maximum atomic E-state index is 9.53. The Morgan fingerprint density at radius 2 is 1.89 bits per heavy atom. The maximum Gasteiger partial charge on any atom is 0.0762 e. The first-order valence-electron chi connectivity index (χ1n) is 6.05. The fourth-order valence-corrected chi connectivity index (χ4v) is 1.91. The lowest BCUT2D eigenvalue weighted by Crippen LogP contribution is -2.16. The number of benzene rings is 1. The van der Waals surface area contributed by atoms with Gasteiger partial charge in [-0.1, -0.05) is 17.7 Å². The van der Waals surface area contributed by atoms with Crippen molar-refractivity contribution in [3.05, 3.63) is 59.4 Å². The Kier molecular flexibility index (Phi) is 3.95. The number of aliphatic hydroxyl groups excluding tert-OH is 1. The highest BCUT2D eigenvalue weighted by molar-refractivity contribution is 5.47. The zero-order valence-electron chi connectivity index (χ0n) is 10.7. The molecule has 0 spiro atoms. The summed E-state index contributed by atoms with van der Waals surface area (Å²) in [5.41, 5.74) is 4.38. The van der Waals surface area contributed by atoms with Gasteiger partial charge in [0.2, 0.25) is 0 Å². The molecule has 0 saturated heterocycles. The maximum absolute atomic E-state index is 9.53. The Morgan fingerprint density at radius 1 is 1.17 bits per heavy atom. The van der Waals surface area contributed by atoms with Crippen molar-refractivity contribution >= 4 is 5.69 Å². The molecule has 2 aromatic rings. The second-order valence-corrected chi connectivity index (χ2v) is 4.48. The van der Waals surface area contributed by atoms with Crippen LogP contribution in [0, 0.1) is 13.8 Å². The van der Waals surface area contributed by atoms with Crippen LogP contribution in [0.4, 0.5) is 5.69 Å². The molecule has 0 fully saturated rings. The minimum absolute atomic E-state index is 0.0421. The third kappa shape index (κ3) is 2.87. The van der Waals surface area contributed by atoms with E-state index in [0.717, 1.165) is 16.8 Å². The van der Waals surface area contributed by atoms with Crippen LogP contribution in [0.5, 0.6) is 0 Å². The van der Waals surface area contributed by atoms with Crippen LogP contribution in [0.3, 0.4) is 0 Å². The molecule has 0 amide bonds. The number of anilines is 1. The summed E-state index contributed by atoms with van der Waals surface area (Å²) in [4.78, 5) is 4.12. The lowest BCUT2D eigenvalue weighted by atomic mass is 10.0. The Bertz CT molecular complexity index is 508. The summed E-state index contributed by atoms with van der Waals surface area (Å²) in [7, 11) is 0. The van der Waals surface area contributed by atoms with Gasteiger partial charge in [-0.25, -0.2) is 0 Å². The second-order valence-electron chi connectivity index (χ2n) is 4.48. The third-order valence-electron chi connectivity index (χ3n) is 3.03. The van der Waals surface area contributed by atoms with Crippen LogP contribution in [0.25, 0.3) is 0 Å². The van der Waals surface area contributed by atoms with E-state index in [2.05, 4.69) is 17.2 Å². The van der Waals surface area contributed by atoms with Crippen LogP contribution in [0.2, 0.25) is 0 Å². The number of aliphatic hydroxyl groups is 1. The summed E-state index contributed by atoms with van der Waals surface area (Å²) in [6, 6.07) is 9.96. The highest BCUT2D eigenvalue weighted by Gasteiger charge is 2.12. The van der Waals surface area contributed by atoms with Crippen LogP contribution in [0.1, 0.15) is 22.7 Å². The van der Waals surface area contributed by atoms with Crippen molar-refractivity contribution < 1.29 is 5.11 Å². The van der Waals surface area contributed by atoms with Crippen molar-refractivity contribution in [3.8, 4) is 0 Å². The Balaban J connectivity index is 2.20. The zero-order valence-corrected chi connectivity index (χ0v) is 10.7. The van der Waals surface area contributed by atoms with Gasteiger partial charge in [-0.15, -0.1) is 0 Å². The quantitative estimate of drug-likeness (QED) is 0.866. The van der Waals surface area contributed by atoms with E-state index in [0.29, 0.717) is 0 Å². The summed E-state index contributed by atoms with van der Waals surface area (Å²) >= 11 is 0. The third-order valence-corrected chi connectivity index (χ3v) is 3.03. The van der Waals surface area contributed by atoms with Crippen molar-refractivity contribution in [1.29, 1.82) is 0 Å². The molecule has 0 saturated carbocycles. The Hall–Kier alpha value is -1.87. The van der Waals surface area contributed by atoms with Crippen molar-refractivity contribution in [2.45, 2.75) is 19.9 Å². The van der Waals surface area contributed by atoms with Crippen molar-refractivity contribution in [1.82, 2.24) is 4.98 Å². The first-order chi connectivity index (χ1) is 8.70. The topological polar surface area (TPSA) is 45.1 Å². The summed E-state index contributed by atoms with van der Waals surface area (Å²) in [6.45, 7) is 4.12. The van der Waals surface area contributed by atoms with E-state index >= 15 is 0 Å². The van der Waals surface area contributed by atoms with Crippen LogP contribution < -0.4 is 5.32 Å². The summed E-state index contributed by atoms with van der Waals surface area (Å²) in [5.74, 6) is 0. The number of aromatic nitrogens is 1. The standard InChI is InChI=1S/C15H18N2O/c1-11-3-5-13(6-4-11)17-15(10-18)14-9-16-8-7-12(14)2/h3-9,15,17-18H,10H2,1-2H3. The largest absolute Gasteiger partial charge is 0.394 e. The first kappa shape index (κ1) is 12.6. The molecular weight excluding hydrogens is 224 g/mol. The molecule has 3 heteroatoms. The molecule has 1 heterocycles. The van der Waals surface area contributed by atoms with E-state index in [4.69, 9.17) is 0 Å². The smallest absolute Gasteiger partial charge is 0.0762 e. The van der Waals surface area contributed by atoms with Gasteiger partial charge in [0.15, 0.2) is 0 Å². The van der Waals surface area contributed by atoms with Gasteiger partial charge in [0, 0.05) is 18.1 Å². The average Bonchev–Trinajstić information content (AvgIpc) is 2.39. The SMILES string of the molecule is Cc1ccc(NC(CO)c2cnccc2C)cc1. The molecule has 18 heavy (non-hydrogen) atoms. The van der Waals surface area contributed by atoms with E-state index < -0.39 is 0 Å². The van der Waals surface area contributed by atoms with Crippen molar-refractivity contribution in [2.75, 3.05) is 11.9 Å². The number of nitrogens with one attached hydrogen (secondary N) is 1. The van der Waals surface area contributed by atoms with Gasteiger partial charge in [-0.2, -0.15) is 0 Å². The van der Waals surface area contributed by atoms with E-state index in [1.54, 1.807) is 12.4 Å². The molecule has 94 valence electrons. The first-order valence-corrected chi connectivity index (χ1v) is 6.05. The Morgan fingerprint density at radius 3 is 2.50 bits per heavy atom. The van der Waals surface area contributed by atoms with Crippen LogP contribution in [-0.2, 0) is 0 Å². The van der Waals surface area contributed by atoms with Gasteiger partial charge < -0.3 is 10.4 Å². The number of nitrogens with zero attached hydrogens (tertiary/aromatic N) is 1. The van der Waals surface area contributed by atoms with Gasteiger partial charge in [0.05, 0.1) is 12.6 Å². The molecule has 0 bridgehead atoms. The monoisotopic (exact) mass is 242 g/mol. The lowest BCUT2D eigenvalue weighted by molar-refractivity contribution is 0.276. The Labute approximate surface area is 108 Å². The van der Waals surface area contributed by atoms with Crippen LogP contribution >= 0.6 is 0 Å². The molecule has 0 aliphatic heterocycles. The van der Waals surface area contributed by atoms with Gasteiger partial charge in [-0.3, -0.25) is 4.98 Å². The molecule has 1 unspecified atom stereocenters. The highest BCUT2D eigenvalue weighted by atomic mass is 16.3. The number of rotatable bonds is 4. The van der Waals surface area contributed by atoms with Gasteiger partial charge in [0.1, 0.15) is 0 Å². The number of hydrogen-bond donors (Lipinski definition) is 2. The molecule has 2 rings (SSSR count). The molecule has 0 aliphatic carbocycles. The molecule has 1 aromatic carbocycles. The lowest BCUT2D eigenvalue weighted by Gasteiger charge is -2.19. The van der Waals surface area contributed by atoms with Crippen molar-refractivity contribution in [3.63, 3.8) is 0 Å². The summed E-state index contributed by atoms with van der Waals surface area (Å²) in [5, 5.41) is 12.9. The molecule has 1 aromatic heterocycles. The minimum atomic E-state index is -0.124. The van der Waals surface area contributed by atoms with E-state index in [1.165, 1.54) is 5.56 Å². The van der Waals surface area contributed by atoms with E-state index in [1.807, 2.05) is 37.3 Å². The molecular formula is C15H18N2O. The normalized spacial score (nSPS) is 12.2. The fourth-order valence-electron chi connectivity index (χ4n) is 1.91. The predicted octanol–water partition coefficient (Wildman–Crippen LogP) is 2.84. The fraction of sp³-hybridized carbons (Fsp3) is 0.267. The zero-order chi connectivity index (χ0) is 13.0. The molecule has 1 atom stereocenters. The number of hydrogen-bond acceptors (Lipinski definition) is 3. The predicted molar refractivity (Wildman–Crippen MR) is 73.6 cm³/mol. The molecule has 3 nitrogen and oxygen atoms in total. The van der Waals surface area contributed by atoms with Gasteiger partial charge in [0.25, 0.3) is 0 Å². The van der Waals surface area contributed by atoms with E-state index in [-0.39, 0.29) is 12.6 Å².